The topological polar surface area (TPSA) is 9.23 Å². The predicted molar refractivity (Wildman–Crippen MR) is 51.4 cm³/mol. The Kier molecular flexibility index (Phi) is 4.43. The summed E-state index contributed by atoms with van der Waals surface area (Å²) < 4.78 is 6.72. The highest BCUT2D eigenvalue weighted by Crippen LogP contribution is 2.01. The van der Waals surface area contributed by atoms with E-state index in [1.165, 1.54) is 14.2 Å². The van der Waals surface area contributed by atoms with Gasteiger partial charge < -0.3 is 8.24 Å². The number of hydrogen-bond acceptors (Lipinski definition) is 1. The van der Waals surface area contributed by atoms with Gasteiger partial charge in [-0.15, -0.1) is 0 Å². The van der Waals surface area contributed by atoms with Crippen molar-refractivity contribution in [2.24, 2.45) is 0 Å². The molecule has 0 aliphatic carbocycles. The summed E-state index contributed by atoms with van der Waals surface area (Å²) in [6.07, 6.45) is 0. The predicted octanol–water partition coefficient (Wildman–Crippen LogP) is -0.843. The lowest BCUT2D eigenvalue weighted by molar-refractivity contribution is -0.710. The number of quaternary nitrogens is 1. The van der Waals surface area contributed by atoms with E-state index in [1.807, 2.05) is 0 Å². The summed E-state index contributed by atoms with van der Waals surface area (Å²) in [6.45, 7) is 7.53. The molecule has 10 heavy (non-hydrogen) atoms. The Labute approximate surface area is 69.7 Å². The summed E-state index contributed by atoms with van der Waals surface area (Å²) in [5.41, 5.74) is 0. The van der Waals surface area contributed by atoms with Gasteiger partial charge >= 0.3 is 9.92 Å². The van der Waals surface area contributed by atoms with E-state index in [-0.39, 0.29) is 9.92 Å². The van der Waals surface area contributed by atoms with Crippen LogP contribution in [0, 0.1) is 0 Å². The first kappa shape index (κ1) is 10.4. The molecule has 1 unspecified atom stereocenters. The van der Waals surface area contributed by atoms with Gasteiger partial charge in [0.15, 0.2) is 0 Å². The molecule has 2 nitrogen and oxygen atoms in total. The number of hydrogen-bond donors (Lipinski definition) is 0. The molecule has 0 radical (unpaired) electrons. The summed E-state index contributed by atoms with van der Waals surface area (Å²) >= 11 is 0. The molecule has 0 saturated carbocycles. The van der Waals surface area contributed by atoms with Gasteiger partial charge in [0.1, 0.15) is 0 Å². The van der Waals surface area contributed by atoms with Crippen molar-refractivity contribution in [3.05, 3.63) is 0 Å². The minimum atomic E-state index is -0.309. The average Bonchev–Trinajstić information content (AvgIpc) is 1.84. The average molecular weight is 178 g/mol. The van der Waals surface area contributed by atoms with Crippen LogP contribution in [0.3, 0.4) is 0 Å². The van der Waals surface area contributed by atoms with E-state index >= 15 is 0 Å². The van der Waals surface area contributed by atoms with E-state index in [1.54, 1.807) is 0 Å². The van der Waals surface area contributed by atoms with Gasteiger partial charge in [-0.25, -0.2) is 0 Å². The second kappa shape index (κ2) is 4.28. The number of rotatable bonds is 4. The first-order valence-corrected chi connectivity index (χ1v) is 6.01. The maximum atomic E-state index is 5.51. The van der Waals surface area contributed by atoms with Crippen molar-refractivity contribution >= 4 is 20.3 Å². The van der Waals surface area contributed by atoms with Gasteiger partial charge in [0.25, 0.3) is 0 Å². The fourth-order valence-electron chi connectivity index (χ4n) is 0.476. The molecule has 1 atom stereocenters. The quantitative estimate of drug-likeness (QED) is 0.510. The van der Waals surface area contributed by atoms with Gasteiger partial charge in [-0.2, -0.15) is 0 Å². The smallest absolute Gasteiger partial charge is 0.388 e. The molecule has 0 rings (SSSR count). The molecule has 4 heteroatoms. The van der Waals surface area contributed by atoms with Crippen LogP contribution in [0.4, 0.5) is 0 Å². The first-order chi connectivity index (χ1) is 4.50. The first-order valence-electron chi connectivity index (χ1n) is 3.91. The van der Waals surface area contributed by atoms with E-state index in [0.717, 1.165) is 12.6 Å². The van der Waals surface area contributed by atoms with Crippen LogP contribution in [0.15, 0.2) is 0 Å². The molecule has 0 aliphatic rings. The van der Waals surface area contributed by atoms with Gasteiger partial charge in [0.2, 0.25) is 10.4 Å². The van der Waals surface area contributed by atoms with Crippen LogP contribution in [-0.2, 0) is 4.43 Å². The zero-order chi connectivity index (χ0) is 8.20. The van der Waals surface area contributed by atoms with E-state index in [2.05, 4.69) is 27.8 Å². The van der Waals surface area contributed by atoms with Gasteiger partial charge in [-0.1, -0.05) is 0 Å². The zero-order valence-corrected chi connectivity index (χ0v) is 11.3. The lowest BCUT2D eigenvalue weighted by Crippen LogP contribution is -2.51. The minimum absolute atomic E-state index is 0.309. The van der Waals surface area contributed by atoms with Crippen LogP contribution in [0.1, 0.15) is 20.8 Å². The summed E-state index contributed by atoms with van der Waals surface area (Å²) in [7, 11) is 3.22. The largest absolute Gasteiger partial charge is 0.435 e. The lowest BCUT2D eigenvalue weighted by Gasteiger charge is -2.36. The highest BCUT2D eigenvalue weighted by molar-refractivity contribution is 6.26. The molecule has 0 bridgehead atoms. The Morgan fingerprint density at radius 1 is 1.60 bits per heavy atom. The van der Waals surface area contributed by atoms with E-state index in [9.17, 15) is 0 Å². The van der Waals surface area contributed by atoms with Crippen molar-refractivity contribution in [2.45, 2.75) is 26.8 Å². The second-order valence-corrected chi connectivity index (χ2v) is 9.10. The van der Waals surface area contributed by atoms with Crippen molar-refractivity contribution in [3.8, 4) is 0 Å². The third-order valence-corrected chi connectivity index (χ3v) is 5.82. The Morgan fingerprint density at radius 2 is 2.10 bits per heavy atom. The molecule has 0 spiro atoms. The molecule has 0 aliphatic heterocycles. The number of nitrogens with zero attached hydrogens (tertiary/aromatic N) is 1. The fourth-order valence-corrected chi connectivity index (χ4v) is 1.97. The Bertz CT molecular complexity index is 95.7. The molecular weight excluding hydrogens is 158 g/mol. The maximum absolute atomic E-state index is 5.51. The Balaban J connectivity index is 3.63. The zero-order valence-electron chi connectivity index (χ0n) is 7.85. The molecule has 0 aromatic heterocycles. The molecule has 0 saturated heterocycles. The second-order valence-electron chi connectivity index (χ2n) is 3.49. The van der Waals surface area contributed by atoms with Crippen molar-refractivity contribution in [2.75, 3.05) is 13.7 Å². The van der Waals surface area contributed by atoms with Crippen molar-refractivity contribution in [3.63, 3.8) is 0 Å². The molecule has 62 valence electrons. The Morgan fingerprint density at radius 3 is 2.40 bits per heavy atom. The molecule has 0 aromatic carbocycles. The standard InChI is InChI=1S/C6H20NOSi2/c1-5-8-10-7(4,9)6(2)3/h6H,5,10H2,1-4,9H3/q+1. The summed E-state index contributed by atoms with van der Waals surface area (Å²) in [6, 6.07) is 0.755. The van der Waals surface area contributed by atoms with Crippen molar-refractivity contribution in [1.29, 1.82) is 0 Å². The molecule has 0 N–H and O–H groups in total. The fraction of sp³-hybridized carbons (Fsp3) is 1.00. The highest BCUT2D eigenvalue weighted by Gasteiger charge is 2.17. The summed E-state index contributed by atoms with van der Waals surface area (Å²) in [5, 5.41) is 0. The summed E-state index contributed by atoms with van der Waals surface area (Å²) in [5.74, 6) is 0. The van der Waals surface area contributed by atoms with Gasteiger partial charge in [-0.3, -0.25) is 0 Å². The molecule has 0 fully saturated rings. The Hall–Kier alpha value is 0.354. The third kappa shape index (κ3) is 3.50. The van der Waals surface area contributed by atoms with Crippen LogP contribution in [-0.4, -0.2) is 43.8 Å². The highest BCUT2D eigenvalue weighted by atomic mass is 28.3. The minimum Gasteiger partial charge on any atom is -0.435 e. The third-order valence-electron chi connectivity index (χ3n) is 2.03. The molecular formula is C6H20NOSi2+. The maximum Gasteiger partial charge on any atom is 0.388 e. The van der Waals surface area contributed by atoms with Gasteiger partial charge in [0, 0.05) is 13.7 Å². The van der Waals surface area contributed by atoms with E-state index < -0.39 is 0 Å². The van der Waals surface area contributed by atoms with Crippen LogP contribution in [0.2, 0.25) is 0 Å². The van der Waals surface area contributed by atoms with Crippen molar-refractivity contribution in [1.82, 2.24) is 0 Å². The van der Waals surface area contributed by atoms with Crippen LogP contribution < -0.4 is 0 Å². The van der Waals surface area contributed by atoms with E-state index in [4.69, 9.17) is 4.43 Å². The monoisotopic (exact) mass is 178 g/mol. The van der Waals surface area contributed by atoms with E-state index in [0.29, 0.717) is 0 Å². The summed E-state index contributed by atoms with van der Waals surface area (Å²) in [4.78, 5) is 0. The van der Waals surface area contributed by atoms with Crippen LogP contribution >= 0.6 is 0 Å². The molecule has 0 aromatic rings. The van der Waals surface area contributed by atoms with Crippen LogP contribution in [0.25, 0.3) is 0 Å². The normalized spacial score (nSPS) is 18.9. The van der Waals surface area contributed by atoms with Crippen LogP contribution in [0.5, 0.6) is 0 Å². The van der Waals surface area contributed by atoms with Crippen molar-refractivity contribution < 1.29 is 8.24 Å². The molecule has 0 heterocycles. The molecule has 0 amide bonds. The van der Waals surface area contributed by atoms with Gasteiger partial charge in [-0.05, 0) is 20.8 Å². The lowest BCUT2D eigenvalue weighted by atomic mass is 10.4. The SMILES string of the molecule is CCO[SiH2][N+](C)([SiH3])C(C)C. The van der Waals surface area contributed by atoms with Gasteiger partial charge in [0.05, 0.1) is 6.04 Å².